The van der Waals surface area contributed by atoms with E-state index in [1.807, 2.05) is 6.92 Å². The topological polar surface area (TPSA) is 61.8 Å². The SMILES string of the molecule is COC(=O)C(CC(C)CC(C)(C)C)C(=O)c1c(OC)cccc1OC. The monoisotopic (exact) mass is 350 g/mol. The van der Waals surface area contributed by atoms with Crippen LogP contribution in [0.25, 0.3) is 0 Å². The molecule has 2 atom stereocenters. The molecule has 0 saturated carbocycles. The highest BCUT2D eigenvalue weighted by Gasteiger charge is 2.34. The van der Waals surface area contributed by atoms with E-state index < -0.39 is 11.9 Å². The third-order valence-corrected chi connectivity index (χ3v) is 4.08. The van der Waals surface area contributed by atoms with Crippen LogP contribution < -0.4 is 9.47 Å². The van der Waals surface area contributed by atoms with E-state index in [-0.39, 0.29) is 22.7 Å². The maximum atomic E-state index is 13.1. The molecule has 1 rings (SSSR count). The molecule has 5 nitrogen and oxygen atoms in total. The van der Waals surface area contributed by atoms with Crippen LogP contribution in [0.2, 0.25) is 0 Å². The van der Waals surface area contributed by atoms with Gasteiger partial charge in [-0.3, -0.25) is 9.59 Å². The lowest BCUT2D eigenvalue weighted by Crippen LogP contribution is -2.29. The van der Waals surface area contributed by atoms with Gasteiger partial charge in [-0.25, -0.2) is 0 Å². The zero-order chi connectivity index (χ0) is 19.2. The molecular weight excluding hydrogens is 320 g/mol. The highest BCUT2D eigenvalue weighted by molar-refractivity contribution is 6.11. The molecule has 1 aromatic rings. The first-order valence-corrected chi connectivity index (χ1v) is 8.47. The Hall–Kier alpha value is -2.04. The van der Waals surface area contributed by atoms with E-state index >= 15 is 0 Å². The molecule has 2 unspecified atom stereocenters. The normalized spacial score (nSPS) is 13.7. The largest absolute Gasteiger partial charge is 0.496 e. The van der Waals surface area contributed by atoms with E-state index in [1.165, 1.54) is 21.3 Å². The molecule has 140 valence electrons. The summed E-state index contributed by atoms with van der Waals surface area (Å²) in [4.78, 5) is 25.4. The summed E-state index contributed by atoms with van der Waals surface area (Å²) in [5, 5.41) is 0. The summed E-state index contributed by atoms with van der Waals surface area (Å²) in [6, 6.07) is 5.11. The van der Waals surface area contributed by atoms with Crippen molar-refractivity contribution in [3.8, 4) is 11.5 Å². The Balaban J connectivity index is 3.20. The minimum atomic E-state index is -0.882. The summed E-state index contributed by atoms with van der Waals surface area (Å²) >= 11 is 0. The van der Waals surface area contributed by atoms with Crippen LogP contribution in [0.4, 0.5) is 0 Å². The first-order chi connectivity index (χ1) is 11.6. The number of ketones is 1. The maximum absolute atomic E-state index is 13.1. The van der Waals surface area contributed by atoms with Crippen molar-refractivity contribution in [2.24, 2.45) is 17.3 Å². The molecular formula is C20H30O5. The van der Waals surface area contributed by atoms with Crippen molar-refractivity contribution in [1.82, 2.24) is 0 Å². The van der Waals surface area contributed by atoms with Gasteiger partial charge in [0.15, 0.2) is 5.78 Å². The maximum Gasteiger partial charge on any atom is 0.316 e. The summed E-state index contributed by atoms with van der Waals surface area (Å²) in [5.41, 5.74) is 0.400. The number of hydrogen-bond acceptors (Lipinski definition) is 5. The fraction of sp³-hybridized carbons (Fsp3) is 0.600. The van der Waals surface area contributed by atoms with Crippen LogP contribution in [0.3, 0.4) is 0 Å². The fourth-order valence-corrected chi connectivity index (χ4v) is 3.25. The average Bonchev–Trinajstić information content (AvgIpc) is 2.55. The minimum absolute atomic E-state index is 0.116. The molecule has 0 aliphatic carbocycles. The second-order valence-corrected chi connectivity index (χ2v) is 7.58. The van der Waals surface area contributed by atoms with Gasteiger partial charge in [-0.1, -0.05) is 33.8 Å². The molecule has 0 radical (unpaired) electrons. The van der Waals surface area contributed by atoms with E-state index in [9.17, 15) is 9.59 Å². The smallest absolute Gasteiger partial charge is 0.316 e. The van der Waals surface area contributed by atoms with Crippen LogP contribution in [0.1, 0.15) is 50.9 Å². The second kappa shape index (κ2) is 8.88. The molecule has 0 bridgehead atoms. The zero-order valence-corrected chi connectivity index (χ0v) is 16.3. The van der Waals surface area contributed by atoms with Crippen molar-refractivity contribution in [1.29, 1.82) is 0 Å². The number of Topliss-reactive ketones (excluding diaryl/α,β-unsaturated/α-hetero) is 1. The van der Waals surface area contributed by atoms with Gasteiger partial charge in [0.25, 0.3) is 0 Å². The Morgan fingerprint density at radius 2 is 1.56 bits per heavy atom. The van der Waals surface area contributed by atoms with Crippen molar-refractivity contribution in [2.45, 2.75) is 40.5 Å². The summed E-state index contributed by atoms with van der Waals surface area (Å²) in [6.45, 7) is 8.47. The van der Waals surface area contributed by atoms with Gasteiger partial charge in [0.1, 0.15) is 23.0 Å². The van der Waals surface area contributed by atoms with Gasteiger partial charge in [-0.05, 0) is 36.3 Å². The molecule has 0 heterocycles. The molecule has 0 spiro atoms. The summed E-state index contributed by atoms with van der Waals surface area (Å²) < 4.78 is 15.5. The average molecular weight is 350 g/mol. The van der Waals surface area contributed by atoms with Gasteiger partial charge in [0, 0.05) is 0 Å². The summed E-state index contributed by atoms with van der Waals surface area (Å²) in [5.74, 6) is -0.773. The number of methoxy groups -OCH3 is 3. The quantitative estimate of drug-likeness (QED) is 0.401. The molecule has 0 aromatic heterocycles. The van der Waals surface area contributed by atoms with Crippen LogP contribution in [0, 0.1) is 17.3 Å². The molecule has 0 fully saturated rings. The summed E-state index contributed by atoms with van der Waals surface area (Å²) in [7, 11) is 4.28. The Kier molecular flexibility index (Phi) is 7.46. The second-order valence-electron chi connectivity index (χ2n) is 7.58. The van der Waals surface area contributed by atoms with Gasteiger partial charge in [0.2, 0.25) is 0 Å². The lowest BCUT2D eigenvalue weighted by molar-refractivity contribution is -0.144. The molecule has 0 N–H and O–H groups in total. The lowest BCUT2D eigenvalue weighted by Gasteiger charge is -2.25. The number of rotatable bonds is 8. The van der Waals surface area contributed by atoms with Crippen LogP contribution in [-0.2, 0) is 9.53 Å². The number of carbonyl (C=O) groups excluding carboxylic acids is 2. The van der Waals surface area contributed by atoms with E-state index in [0.717, 1.165) is 6.42 Å². The number of carbonyl (C=O) groups is 2. The molecule has 1 aromatic carbocycles. The predicted octanol–water partition coefficient (Wildman–Crippen LogP) is 4.14. The van der Waals surface area contributed by atoms with Crippen LogP contribution >= 0.6 is 0 Å². The minimum Gasteiger partial charge on any atom is -0.496 e. The van der Waals surface area contributed by atoms with Gasteiger partial charge in [-0.15, -0.1) is 0 Å². The highest BCUT2D eigenvalue weighted by atomic mass is 16.5. The van der Waals surface area contributed by atoms with Crippen LogP contribution in [0.5, 0.6) is 11.5 Å². The molecule has 5 heteroatoms. The third-order valence-electron chi connectivity index (χ3n) is 4.08. The van der Waals surface area contributed by atoms with Gasteiger partial charge >= 0.3 is 5.97 Å². The Morgan fingerprint density at radius 3 is 1.96 bits per heavy atom. The van der Waals surface area contributed by atoms with Gasteiger partial charge in [-0.2, -0.15) is 0 Å². The summed E-state index contributed by atoms with van der Waals surface area (Å²) in [6.07, 6.45) is 1.32. The number of hydrogen-bond donors (Lipinski definition) is 0. The molecule has 0 aliphatic rings. The predicted molar refractivity (Wildman–Crippen MR) is 97.2 cm³/mol. The number of esters is 1. The molecule has 0 amide bonds. The molecule has 0 saturated heterocycles. The number of ether oxygens (including phenoxy) is 3. The molecule has 25 heavy (non-hydrogen) atoms. The van der Waals surface area contributed by atoms with Crippen molar-refractivity contribution >= 4 is 11.8 Å². The third kappa shape index (κ3) is 5.76. The van der Waals surface area contributed by atoms with Crippen LogP contribution in [0.15, 0.2) is 18.2 Å². The first kappa shape index (κ1) is 21.0. The molecule has 0 aliphatic heterocycles. The zero-order valence-electron chi connectivity index (χ0n) is 16.3. The van der Waals surface area contributed by atoms with E-state index in [2.05, 4.69) is 20.8 Å². The Morgan fingerprint density at radius 1 is 1.04 bits per heavy atom. The standard InChI is InChI=1S/C20H30O5/c1-13(12-20(2,3)4)11-14(19(22)25-7)18(21)17-15(23-5)9-8-10-16(17)24-6/h8-10,13-14H,11-12H2,1-7H3. The van der Waals surface area contributed by atoms with Gasteiger partial charge < -0.3 is 14.2 Å². The van der Waals surface area contributed by atoms with Crippen molar-refractivity contribution < 1.29 is 23.8 Å². The van der Waals surface area contributed by atoms with Gasteiger partial charge in [0.05, 0.1) is 21.3 Å². The van der Waals surface area contributed by atoms with E-state index in [0.29, 0.717) is 17.9 Å². The number of benzene rings is 1. The van der Waals surface area contributed by atoms with Crippen molar-refractivity contribution in [2.75, 3.05) is 21.3 Å². The van der Waals surface area contributed by atoms with E-state index in [4.69, 9.17) is 14.2 Å². The lowest BCUT2D eigenvalue weighted by atomic mass is 9.80. The van der Waals surface area contributed by atoms with Crippen LogP contribution in [-0.4, -0.2) is 33.1 Å². The Labute approximate surface area is 150 Å². The van der Waals surface area contributed by atoms with Crippen molar-refractivity contribution in [3.63, 3.8) is 0 Å². The van der Waals surface area contributed by atoms with E-state index in [1.54, 1.807) is 18.2 Å². The van der Waals surface area contributed by atoms with Crippen molar-refractivity contribution in [3.05, 3.63) is 23.8 Å². The Bertz CT molecular complexity index is 578. The fourth-order valence-electron chi connectivity index (χ4n) is 3.25. The highest BCUT2D eigenvalue weighted by Crippen LogP contribution is 2.34. The first-order valence-electron chi connectivity index (χ1n) is 8.47.